The van der Waals surface area contributed by atoms with Crippen molar-refractivity contribution < 1.29 is 27.8 Å². The summed E-state index contributed by atoms with van der Waals surface area (Å²) in [5.41, 5.74) is 9.60. The smallest absolute Gasteiger partial charge is 0.248 e. The first-order chi connectivity index (χ1) is 22.1. The summed E-state index contributed by atoms with van der Waals surface area (Å²) >= 11 is 4.63. The highest BCUT2D eigenvalue weighted by atomic mass is 35.5. The van der Waals surface area contributed by atoms with E-state index in [0.717, 1.165) is 87.3 Å². The summed E-state index contributed by atoms with van der Waals surface area (Å²) in [4.78, 5) is 14.8. The molecule has 3 N–H and O–H groups in total. The summed E-state index contributed by atoms with van der Waals surface area (Å²) in [6, 6.07) is 11.9. The van der Waals surface area contributed by atoms with Crippen molar-refractivity contribution in [3.8, 4) is 5.75 Å². The van der Waals surface area contributed by atoms with Gasteiger partial charge in [-0.05, 0) is 118 Å². The van der Waals surface area contributed by atoms with Crippen LogP contribution in [0.15, 0.2) is 36.4 Å². The van der Waals surface area contributed by atoms with Gasteiger partial charge in [-0.2, -0.15) is 0 Å². The Morgan fingerprint density at radius 1 is 1.13 bits per heavy atom. The summed E-state index contributed by atoms with van der Waals surface area (Å²) in [6.07, 6.45) is 8.85. The summed E-state index contributed by atoms with van der Waals surface area (Å²) in [6.45, 7) is 7.55. The number of anilines is 1. The van der Waals surface area contributed by atoms with Crippen LogP contribution in [0.1, 0.15) is 86.7 Å². The summed E-state index contributed by atoms with van der Waals surface area (Å²) < 4.78 is 40.3. The second kappa shape index (κ2) is 14.5. The molecule has 0 radical (unpaired) electrons. The first-order valence-electron chi connectivity index (χ1n) is 17.1. The molecule has 6 rings (SSSR count). The van der Waals surface area contributed by atoms with Crippen molar-refractivity contribution in [2.75, 3.05) is 37.8 Å². The van der Waals surface area contributed by atoms with Crippen LogP contribution >= 0.6 is 11.6 Å². The molecule has 2 aliphatic heterocycles. The van der Waals surface area contributed by atoms with Crippen LogP contribution in [0.5, 0.6) is 5.75 Å². The van der Waals surface area contributed by atoms with Gasteiger partial charge in [0.25, 0.3) is 0 Å². The van der Waals surface area contributed by atoms with Crippen molar-refractivity contribution in [3.63, 3.8) is 0 Å². The highest BCUT2D eigenvalue weighted by Gasteiger charge is 2.46. The molecule has 1 saturated heterocycles. The molecule has 2 fully saturated rings. The maximum Gasteiger partial charge on any atom is 0.248 e. The molecule has 1 amide bonds. The number of fused-ring (bicyclic) bond motifs is 3. The van der Waals surface area contributed by atoms with Gasteiger partial charge in [0, 0.05) is 35.0 Å². The third-order valence-corrected chi connectivity index (χ3v) is 12.7. The van der Waals surface area contributed by atoms with Crippen LogP contribution in [-0.4, -0.2) is 59.1 Å². The lowest BCUT2D eigenvalue weighted by Gasteiger charge is -2.48. The third-order valence-electron chi connectivity index (χ3n) is 11.3. The van der Waals surface area contributed by atoms with Gasteiger partial charge >= 0.3 is 0 Å². The highest BCUT2D eigenvalue weighted by Crippen LogP contribution is 2.49. The van der Waals surface area contributed by atoms with E-state index in [1.807, 2.05) is 25.1 Å². The normalized spacial score (nSPS) is 27.3. The van der Waals surface area contributed by atoms with Crippen molar-refractivity contribution in [2.45, 2.75) is 88.6 Å². The van der Waals surface area contributed by atoms with Crippen LogP contribution in [0.3, 0.4) is 0 Å². The number of ether oxygens (including phenoxy) is 3. The van der Waals surface area contributed by atoms with Gasteiger partial charge in [-0.15, -0.1) is 0 Å². The number of aryl methyl sites for hydroxylation is 1. The van der Waals surface area contributed by atoms with E-state index in [1.165, 1.54) is 11.1 Å². The van der Waals surface area contributed by atoms with Crippen LogP contribution in [0.4, 0.5) is 5.69 Å². The average molecular weight is 673 g/mol. The molecule has 2 heterocycles. The number of rotatable bonds is 11. The molecule has 2 aromatic carbocycles. The second-order valence-corrected chi connectivity index (χ2v) is 15.9. The molecule has 0 aromatic heterocycles. The topological polar surface area (TPSA) is 111 Å². The zero-order valence-corrected chi connectivity index (χ0v) is 28.7. The fourth-order valence-electron chi connectivity index (χ4n) is 8.35. The number of hydrogen-bond donors (Lipinski definition) is 2. The van der Waals surface area contributed by atoms with Crippen LogP contribution in [0.2, 0.25) is 5.02 Å². The number of amides is 1. The van der Waals surface area contributed by atoms with Gasteiger partial charge in [0.2, 0.25) is 5.91 Å². The minimum absolute atomic E-state index is 0.161. The Balaban J connectivity index is 1.27. The molecule has 8 nitrogen and oxygen atoms in total. The first-order valence-corrected chi connectivity index (χ1v) is 18.6. The number of halogens is 1. The van der Waals surface area contributed by atoms with E-state index >= 15 is 0 Å². The molecule has 10 heteroatoms. The average Bonchev–Trinajstić information content (AvgIpc) is 3.19. The number of hydrogen-bond acceptors (Lipinski definition) is 6. The van der Waals surface area contributed by atoms with Gasteiger partial charge in [-0.25, -0.2) is 4.21 Å². The number of carbonyl (C=O) groups is 1. The van der Waals surface area contributed by atoms with Gasteiger partial charge in [0.15, 0.2) is 17.4 Å². The van der Waals surface area contributed by atoms with E-state index in [4.69, 9.17) is 31.5 Å². The second-order valence-electron chi connectivity index (χ2n) is 14.2. The predicted molar refractivity (Wildman–Crippen MR) is 182 cm³/mol. The molecule has 4 aliphatic rings. The Morgan fingerprint density at radius 3 is 2.65 bits per heavy atom. The summed E-state index contributed by atoms with van der Waals surface area (Å²) in [5, 5.41) is 0.515. The summed E-state index contributed by atoms with van der Waals surface area (Å²) in [7, 11) is 0. The molecule has 0 bridgehead atoms. The Hall–Kier alpha value is -2.17. The maximum absolute atomic E-state index is 12.3. The Labute approximate surface area is 281 Å². The van der Waals surface area contributed by atoms with E-state index in [9.17, 15) is 13.6 Å². The van der Waals surface area contributed by atoms with Gasteiger partial charge in [0.05, 0.1) is 30.8 Å². The lowest BCUT2D eigenvalue weighted by atomic mass is 9.64. The van der Waals surface area contributed by atoms with Crippen LogP contribution in [0, 0.1) is 23.7 Å². The fraction of sp³-hybridized carbons (Fsp3) is 0.639. The monoisotopic (exact) mass is 672 g/mol. The van der Waals surface area contributed by atoms with Crippen molar-refractivity contribution in [3.05, 3.63) is 58.1 Å². The van der Waals surface area contributed by atoms with E-state index in [0.29, 0.717) is 37.2 Å². The number of nitrogens with zero attached hydrogens (tertiary/aromatic N) is 1. The lowest BCUT2D eigenvalue weighted by Crippen LogP contribution is -2.50. The predicted octanol–water partition coefficient (Wildman–Crippen LogP) is 6.73. The number of carbonyl (C=O) groups excluding carboxylic acids is 1. The SMILES string of the molecule is C[C@H]([C@@H](C)CCC[C@@H](C1OCCCO1)[C@@H]1CC[C@H]1CN1C[C@@]2(CCCc3cc(Cl)ccc32)COc2ccc(C(N)=O)cc21)S(=O)O. The molecule has 1 saturated carbocycles. The van der Waals surface area contributed by atoms with Gasteiger partial charge in [-0.1, -0.05) is 31.0 Å². The maximum atomic E-state index is 12.3. The standard InChI is InChI=1S/C36H49ClN2O6S/c1-23(24(2)46(41)42)6-3-8-30(35-43-16-5-17-44-35)29-12-9-27(29)20-39-21-36(15-4-7-25-18-28(37)11-13-31(25)36)22-45-33-14-10-26(34(38)40)19-32(33)39/h10-11,13-14,18-19,23-24,27,29-30,35H,3-9,12,15-17,20-22H2,1-2H3,(H2,38,40)(H,41,42)/t23-,24+,27-,29+,30+,36-/m0/s1. The largest absolute Gasteiger partial charge is 0.490 e. The fourth-order valence-corrected chi connectivity index (χ4v) is 9.08. The molecule has 7 atom stereocenters. The summed E-state index contributed by atoms with van der Waals surface area (Å²) in [5.74, 6) is 1.62. The molecular formula is C36H49ClN2O6S. The van der Waals surface area contributed by atoms with Crippen LogP contribution in [-0.2, 0) is 32.4 Å². The molecule has 2 aromatic rings. The molecule has 2 aliphatic carbocycles. The minimum atomic E-state index is -1.81. The Bertz CT molecular complexity index is 1420. The zero-order chi connectivity index (χ0) is 32.4. The van der Waals surface area contributed by atoms with Crippen molar-refractivity contribution in [2.24, 2.45) is 29.4 Å². The molecule has 252 valence electrons. The Morgan fingerprint density at radius 2 is 1.93 bits per heavy atom. The minimum Gasteiger partial charge on any atom is -0.490 e. The lowest BCUT2D eigenvalue weighted by molar-refractivity contribution is -0.224. The van der Waals surface area contributed by atoms with Gasteiger partial charge < -0.3 is 29.4 Å². The molecule has 46 heavy (non-hydrogen) atoms. The van der Waals surface area contributed by atoms with Gasteiger partial charge in [-0.3, -0.25) is 4.79 Å². The number of nitrogens with two attached hydrogens (primary N) is 1. The van der Waals surface area contributed by atoms with E-state index < -0.39 is 17.0 Å². The van der Waals surface area contributed by atoms with E-state index in [-0.39, 0.29) is 28.8 Å². The first kappa shape index (κ1) is 33.7. The zero-order valence-electron chi connectivity index (χ0n) is 27.1. The van der Waals surface area contributed by atoms with Gasteiger partial charge in [0.1, 0.15) is 5.75 Å². The van der Waals surface area contributed by atoms with E-state index in [2.05, 4.69) is 24.0 Å². The van der Waals surface area contributed by atoms with Crippen molar-refractivity contribution in [1.29, 1.82) is 0 Å². The van der Waals surface area contributed by atoms with Crippen LogP contribution < -0.4 is 15.4 Å². The number of primary amides is 1. The molecule has 1 unspecified atom stereocenters. The molecule has 1 spiro atoms. The Kier molecular flexibility index (Phi) is 10.6. The molecular weight excluding hydrogens is 624 g/mol. The highest BCUT2D eigenvalue weighted by molar-refractivity contribution is 7.79. The van der Waals surface area contributed by atoms with Crippen LogP contribution in [0.25, 0.3) is 0 Å². The van der Waals surface area contributed by atoms with E-state index in [1.54, 1.807) is 6.07 Å². The quantitative estimate of drug-likeness (QED) is 0.255. The third kappa shape index (κ3) is 7.14. The van der Waals surface area contributed by atoms with Crippen molar-refractivity contribution in [1.82, 2.24) is 0 Å². The van der Waals surface area contributed by atoms with Crippen molar-refractivity contribution >= 4 is 34.3 Å². The number of benzene rings is 2.